The van der Waals surface area contributed by atoms with Gasteiger partial charge in [0.05, 0.1) is 5.60 Å². The average Bonchev–Trinajstić information content (AvgIpc) is 2.50. The summed E-state index contributed by atoms with van der Waals surface area (Å²) in [5, 5.41) is 3.86. The van der Waals surface area contributed by atoms with Crippen molar-refractivity contribution in [2.75, 3.05) is 24.7 Å². The molecule has 0 aromatic carbocycles. The van der Waals surface area contributed by atoms with Gasteiger partial charge in [0.25, 0.3) is 0 Å². The standard InChI is InChI=1S/C18H33NOS/c1-15-2-4-16(5-3-15)6-10-19-17-7-11-20-18(14-17)8-12-21-13-9-18/h15-17,19H,2-14H2,1H3. The molecule has 3 aliphatic rings. The van der Waals surface area contributed by atoms with Gasteiger partial charge in [-0.1, -0.05) is 32.6 Å². The lowest BCUT2D eigenvalue weighted by atomic mass is 9.81. The minimum atomic E-state index is 0.238. The van der Waals surface area contributed by atoms with E-state index in [2.05, 4.69) is 24.0 Å². The second-order valence-corrected chi connectivity index (χ2v) is 8.93. The second-order valence-electron chi connectivity index (χ2n) is 7.70. The molecule has 1 atom stereocenters. The molecule has 2 heterocycles. The van der Waals surface area contributed by atoms with Gasteiger partial charge in [0.15, 0.2) is 0 Å². The van der Waals surface area contributed by atoms with Crippen LogP contribution >= 0.6 is 11.8 Å². The van der Waals surface area contributed by atoms with Gasteiger partial charge in [0.2, 0.25) is 0 Å². The first kappa shape index (κ1) is 16.1. The van der Waals surface area contributed by atoms with Gasteiger partial charge in [-0.15, -0.1) is 0 Å². The zero-order valence-electron chi connectivity index (χ0n) is 13.7. The maximum atomic E-state index is 6.19. The molecule has 1 aliphatic carbocycles. The average molecular weight is 312 g/mol. The Labute approximate surface area is 135 Å². The molecule has 3 heteroatoms. The van der Waals surface area contributed by atoms with Crippen LogP contribution in [0.25, 0.3) is 0 Å². The lowest BCUT2D eigenvalue weighted by Crippen LogP contribution is -2.49. The Morgan fingerprint density at radius 2 is 1.86 bits per heavy atom. The summed E-state index contributed by atoms with van der Waals surface area (Å²) in [6.45, 7) is 4.62. The van der Waals surface area contributed by atoms with E-state index in [4.69, 9.17) is 4.74 Å². The Bertz CT molecular complexity index is 303. The predicted octanol–water partition coefficient (Wildman–Crippen LogP) is 4.24. The molecule has 1 unspecified atom stereocenters. The third-order valence-corrected chi connectivity index (χ3v) is 7.00. The third-order valence-electron chi connectivity index (χ3n) is 6.02. The SMILES string of the molecule is CC1CCC(CCNC2CCOC3(CCSCC3)C2)CC1. The van der Waals surface area contributed by atoms with E-state index in [1.165, 1.54) is 75.8 Å². The number of hydrogen-bond donors (Lipinski definition) is 1. The van der Waals surface area contributed by atoms with Gasteiger partial charge in [-0.05, 0) is 62.0 Å². The minimum absolute atomic E-state index is 0.238. The van der Waals surface area contributed by atoms with Crippen LogP contribution in [-0.2, 0) is 4.74 Å². The molecule has 21 heavy (non-hydrogen) atoms. The van der Waals surface area contributed by atoms with Crippen molar-refractivity contribution in [2.45, 2.75) is 76.4 Å². The summed E-state index contributed by atoms with van der Waals surface area (Å²) in [7, 11) is 0. The molecule has 0 amide bonds. The van der Waals surface area contributed by atoms with Crippen LogP contribution in [-0.4, -0.2) is 36.3 Å². The Balaban J connectivity index is 1.37. The molecule has 0 aromatic heterocycles. The van der Waals surface area contributed by atoms with E-state index in [0.29, 0.717) is 6.04 Å². The van der Waals surface area contributed by atoms with Gasteiger partial charge in [-0.25, -0.2) is 0 Å². The van der Waals surface area contributed by atoms with E-state index in [-0.39, 0.29) is 5.60 Å². The molecule has 1 saturated carbocycles. The minimum Gasteiger partial charge on any atom is -0.375 e. The highest BCUT2D eigenvalue weighted by Gasteiger charge is 2.38. The first-order valence-electron chi connectivity index (χ1n) is 9.21. The summed E-state index contributed by atoms with van der Waals surface area (Å²) in [6.07, 6.45) is 12.3. The highest BCUT2D eigenvalue weighted by atomic mass is 32.2. The molecule has 2 aliphatic heterocycles. The van der Waals surface area contributed by atoms with E-state index < -0.39 is 0 Å². The monoisotopic (exact) mass is 311 g/mol. The Morgan fingerprint density at radius 1 is 1.10 bits per heavy atom. The van der Waals surface area contributed by atoms with Gasteiger partial charge in [-0.2, -0.15) is 11.8 Å². The van der Waals surface area contributed by atoms with Crippen molar-refractivity contribution in [1.82, 2.24) is 5.32 Å². The van der Waals surface area contributed by atoms with Crippen LogP contribution in [0.15, 0.2) is 0 Å². The Kier molecular flexibility index (Phi) is 5.92. The number of nitrogens with one attached hydrogen (secondary N) is 1. The molecule has 3 rings (SSSR count). The Hall–Kier alpha value is 0.270. The second kappa shape index (κ2) is 7.70. The van der Waals surface area contributed by atoms with Crippen molar-refractivity contribution in [3.05, 3.63) is 0 Å². The van der Waals surface area contributed by atoms with Crippen LogP contribution in [0.2, 0.25) is 0 Å². The van der Waals surface area contributed by atoms with Crippen LogP contribution in [0.1, 0.15) is 64.7 Å². The van der Waals surface area contributed by atoms with Gasteiger partial charge in [0.1, 0.15) is 0 Å². The van der Waals surface area contributed by atoms with Gasteiger partial charge in [0, 0.05) is 12.6 Å². The van der Waals surface area contributed by atoms with Gasteiger partial charge in [-0.3, -0.25) is 0 Å². The van der Waals surface area contributed by atoms with Crippen molar-refractivity contribution in [3.8, 4) is 0 Å². The quantitative estimate of drug-likeness (QED) is 0.839. The Morgan fingerprint density at radius 3 is 2.62 bits per heavy atom. The highest BCUT2D eigenvalue weighted by molar-refractivity contribution is 7.99. The number of ether oxygens (including phenoxy) is 1. The van der Waals surface area contributed by atoms with Gasteiger partial charge < -0.3 is 10.1 Å². The van der Waals surface area contributed by atoms with Crippen LogP contribution in [0.5, 0.6) is 0 Å². The number of rotatable bonds is 4. The zero-order valence-corrected chi connectivity index (χ0v) is 14.6. The van der Waals surface area contributed by atoms with Crippen LogP contribution in [0.3, 0.4) is 0 Å². The fraction of sp³-hybridized carbons (Fsp3) is 1.00. The number of hydrogen-bond acceptors (Lipinski definition) is 3. The summed E-state index contributed by atoms with van der Waals surface area (Å²) < 4.78 is 6.19. The molecule has 0 radical (unpaired) electrons. The van der Waals surface area contributed by atoms with E-state index in [1.807, 2.05) is 0 Å². The predicted molar refractivity (Wildman–Crippen MR) is 92.0 cm³/mol. The first-order valence-corrected chi connectivity index (χ1v) is 10.4. The van der Waals surface area contributed by atoms with E-state index in [0.717, 1.165) is 18.4 Å². The highest BCUT2D eigenvalue weighted by Crippen LogP contribution is 2.37. The van der Waals surface area contributed by atoms with E-state index in [9.17, 15) is 0 Å². The van der Waals surface area contributed by atoms with Crippen LogP contribution in [0, 0.1) is 11.8 Å². The van der Waals surface area contributed by atoms with Crippen molar-refractivity contribution in [3.63, 3.8) is 0 Å². The number of thioether (sulfide) groups is 1. The van der Waals surface area contributed by atoms with Crippen molar-refractivity contribution < 1.29 is 4.74 Å². The smallest absolute Gasteiger partial charge is 0.0713 e. The molecule has 1 N–H and O–H groups in total. The van der Waals surface area contributed by atoms with Crippen molar-refractivity contribution >= 4 is 11.8 Å². The zero-order chi connectivity index (χ0) is 14.5. The summed E-state index contributed by atoms with van der Waals surface area (Å²) >= 11 is 2.10. The van der Waals surface area contributed by atoms with Crippen LogP contribution < -0.4 is 5.32 Å². The molecule has 1 spiro atoms. The molecule has 122 valence electrons. The fourth-order valence-corrected chi connectivity index (χ4v) is 5.64. The maximum Gasteiger partial charge on any atom is 0.0713 e. The molecule has 0 bridgehead atoms. The summed E-state index contributed by atoms with van der Waals surface area (Å²) in [5.41, 5.74) is 0.238. The fourth-order valence-electron chi connectivity index (χ4n) is 4.40. The summed E-state index contributed by atoms with van der Waals surface area (Å²) in [6, 6.07) is 0.712. The summed E-state index contributed by atoms with van der Waals surface area (Å²) in [4.78, 5) is 0. The topological polar surface area (TPSA) is 21.3 Å². The maximum absolute atomic E-state index is 6.19. The van der Waals surface area contributed by atoms with E-state index in [1.54, 1.807) is 0 Å². The molecule has 2 saturated heterocycles. The lowest BCUT2D eigenvalue weighted by molar-refractivity contribution is -0.0931. The molecule has 2 nitrogen and oxygen atoms in total. The van der Waals surface area contributed by atoms with E-state index >= 15 is 0 Å². The largest absolute Gasteiger partial charge is 0.375 e. The first-order chi connectivity index (χ1) is 10.3. The third kappa shape index (κ3) is 4.62. The van der Waals surface area contributed by atoms with Crippen LogP contribution in [0.4, 0.5) is 0 Å². The molecular weight excluding hydrogens is 278 g/mol. The molecule has 3 fully saturated rings. The molecule has 0 aromatic rings. The van der Waals surface area contributed by atoms with Crippen molar-refractivity contribution in [2.24, 2.45) is 11.8 Å². The van der Waals surface area contributed by atoms with Crippen molar-refractivity contribution in [1.29, 1.82) is 0 Å². The lowest BCUT2D eigenvalue weighted by Gasteiger charge is -2.43. The normalized spacial score (nSPS) is 36.7. The summed E-state index contributed by atoms with van der Waals surface area (Å²) in [5.74, 6) is 4.57. The van der Waals surface area contributed by atoms with Gasteiger partial charge >= 0.3 is 0 Å². The molecular formula is C18H33NOS.